The number of carbonyl (C=O) groups excluding carboxylic acids is 1. The maximum absolute atomic E-state index is 12.5. The average molecular weight is 361 g/mol. The Hall–Kier alpha value is -2.18. The second-order valence-electron chi connectivity index (χ2n) is 5.87. The predicted molar refractivity (Wildman–Crippen MR) is 97.6 cm³/mol. The van der Waals surface area contributed by atoms with E-state index in [0.717, 1.165) is 11.3 Å². The van der Waals surface area contributed by atoms with Crippen LogP contribution in [0.1, 0.15) is 29.3 Å². The summed E-state index contributed by atoms with van der Waals surface area (Å²) in [6.07, 6.45) is 0.579. The molecule has 2 rings (SSSR count). The summed E-state index contributed by atoms with van der Waals surface area (Å²) < 4.78 is 32.1. The number of nitrogens with zero attached hydrogens (tertiary/aromatic N) is 1. The molecule has 0 amide bonds. The Morgan fingerprint density at radius 2 is 1.72 bits per heavy atom. The Morgan fingerprint density at radius 1 is 1.08 bits per heavy atom. The van der Waals surface area contributed by atoms with E-state index < -0.39 is 10.0 Å². The zero-order valence-electron chi connectivity index (χ0n) is 14.7. The molecular formula is C19H23NO4S. The van der Waals surface area contributed by atoms with Gasteiger partial charge in [-0.15, -0.1) is 0 Å². The van der Waals surface area contributed by atoms with E-state index in [0.29, 0.717) is 25.1 Å². The number of benzene rings is 2. The molecule has 0 heterocycles. The smallest absolute Gasteiger partial charge is 0.242 e. The summed E-state index contributed by atoms with van der Waals surface area (Å²) in [6.45, 7) is 4.21. The topological polar surface area (TPSA) is 63.7 Å². The number of rotatable bonds is 8. The van der Waals surface area contributed by atoms with Crippen molar-refractivity contribution in [2.24, 2.45) is 0 Å². The lowest BCUT2D eigenvalue weighted by molar-refractivity contribution is 0.101. The molecular weight excluding hydrogens is 338 g/mol. The van der Waals surface area contributed by atoms with E-state index in [1.807, 2.05) is 31.2 Å². The van der Waals surface area contributed by atoms with Gasteiger partial charge in [0, 0.05) is 19.2 Å². The maximum Gasteiger partial charge on any atom is 0.242 e. The summed E-state index contributed by atoms with van der Waals surface area (Å²) >= 11 is 0. The number of hydrogen-bond acceptors (Lipinski definition) is 4. The molecule has 25 heavy (non-hydrogen) atoms. The van der Waals surface area contributed by atoms with Gasteiger partial charge in [0.1, 0.15) is 5.75 Å². The van der Waals surface area contributed by atoms with Gasteiger partial charge in [0.2, 0.25) is 10.0 Å². The van der Waals surface area contributed by atoms with Crippen molar-refractivity contribution in [2.75, 3.05) is 20.2 Å². The fourth-order valence-electron chi connectivity index (χ4n) is 2.35. The quantitative estimate of drug-likeness (QED) is 0.535. The summed E-state index contributed by atoms with van der Waals surface area (Å²) in [4.78, 5) is 11.5. The van der Waals surface area contributed by atoms with Crippen molar-refractivity contribution in [1.29, 1.82) is 0 Å². The van der Waals surface area contributed by atoms with Crippen molar-refractivity contribution >= 4 is 15.8 Å². The minimum Gasteiger partial charge on any atom is -0.493 e. The van der Waals surface area contributed by atoms with Crippen LogP contribution < -0.4 is 4.74 Å². The molecule has 2 aromatic rings. The lowest BCUT2D eigenvalue weighted by Crippen LogP contribution is -2.28. The van der Waals surface area contributed by atoms with Crippen molar-refractivity contribution < 1.29 is 17.9 Å². The van der Waals surface area contributed by atoms with Crippen LogP contribution in [-0.4, -0.2) is 38.7 Å². The molecule has 0 aromatic heterocycles. The fourth-order valence-corrected chi connectivity index (χ4v) is 3.56. The van der Waals surface area contributed by atoms with Crippen molar-refractivity contribution in [3.05, 3.63) is 59.7 Å². The highest BCUT2D eigenvalue weighted by Gasteiger charge is 2.20. The lowest BCUT2D eigenvalue weighted by atomic mass is 10.2. The highest BCUT2D eigenvalue weighted by Crippen LogP contribution is 2.18. The van der Waals surface area contributed by atoms with Crippen LogP contribution in [0.15, 0.2) is 53.4 Å². The first-order chi connectivity index (χ1) is 11.8. The second-order valence-corrected chi connectivity index (χ2v) is 7.92. The van der Waals surface area contributed by atoms with Crippen LogP contribution in [0.4, 0.5) is 0 Å². The number of ether oxygens (including phenoxy) is 1. The van der Waals surface area contributed by atoms with Gasteiger partial charge in [-0.3, -0.25) is 4.79 Å². The Bertz CT molecular complexity index is 829. The summed E-state index contributed by atoms with van der Waals surface area (Å²) in [5.74, 6) is 0.721. The van der Waals surface area contributed by atoms with Crippen molar-refractivity contribution in [3.63, 3.8) is 0 Å². The SMILES string of the molecule is CC(=O)c1ccc(S(=O)(=O)N(C)CCCOc2ccccc2C)cc1. The second kappa shape index (κ2) is 8.27. The van der Waals surface area contributed by atoms with Gasteiger partial charge in [-0.05, 0) is 44.0 Å². The number of sulfonamides is 1. The molecule has 0 saturated heterocycles. The third-order valence-electron chi connectivity index (χ3n) is 3.94. The number of ketones is 1. The average Bonchev–Trinajstić information content (AvgIpc) is 2.60. The monoisotopic (exact) mass is 361 g/mol. The first-order valence-corrected chi connectivity index (χ1v) is 9.52. The van der Waals surface area contributed by atoms with E-state index >= 15 is 0 Å². The van der Waals surface area contributed by atoms with Crippen LogP contribution in [-0.2, 0) is 10.0 Å². The van der Waals surface area contributed by atoms with E-state index in [4.69, 9.17) is 4.74 Å². The van der Waals surface area contributed by atoms with E-state index in [1.165, 1.54) is 35.5 Å². The van der Waals surface area contributed by atoms with Crippen LogP contribution in [0.3, 0.4) is 0 Å². The predicted octanol–water partition coefficient (Wildman–Crippen LogP) is 3.29. The zero-order valence-corrected chi connectivity index (χ0v) is 15.5. The summed E-state index contributed by atoms with van der Waals surface area (Å²) in [7, 11) is -2.02. The molecule has 0 saturated carbocycles. The van der Waals surface area contributed by atoms with Gasteiger partial charge in [0.25, 0.3) is 0 Å². The lowest BCUT2D eigenvalue weighted by Gasteiger charge is -2.17. The first kappa shape index (κ1) is 19.1. The minimum atomic E-state index is -3.57. The van der Waals surface area contributed by atoms with Crippen molar-refractivity contribution in [1.82, 2.24) is 4.31 Å². The van der Waals surface area contributed by atoms with E-state index in [2.05, 4.69) is 0 Å². The highest BCUT2D eigenvalue weighted by molar-refractivity contribution is 7.89. The number of hydrogen-bond donors (Lipinski definition) is 0. The molecule has 0 radical (unpaired) electrons. The third-order valence-corrected chi connectivity index (χ3v) is 5.81. The van der Waals surface area contributed by atoms with Gasteiger partial charge in [-0.25, -0.2) is 12.7 Å². The Morgan fingerprint density at radius 3 is 2.32 bits per heavy atom. The van der Waals surface area contributed by atoms with Crippen LogP contribution in [0.25, 0.3) is 0 Å². The van der Waals surface area contributed by atoms with Gasteiger partial charge in [0.05, 0.1) is 11.5 Å². The van der Waals surface area contributed by atoms with E-state index in [-0.39, 0.29) is 10.7 Å². The standard InChI is InChI=1S/C19H23NO4S/c1-15-7-4-5-8-19(15)24-14-6-13-20(3)25(22,23)18-11-9-17(10-12-18)16(2)21/h4-5,7-12H,6,13-14H2,1-3H3. The molecule has 0 aliphatic rings. The van der Waals surface area contributed by atoms with E-state index in [9.17, 15) is 13.2 Å². The normalized spacial score (nSPS) is 11.5. The Kier molecular flexibility index (Phi) is 6.33. The molecule has 2 aromatic carbocycles. The molecule has 0 N–H and O–H groups in total. The molecule has 5 nitrogen and oxygen atoms in total. The summed E-state index contributed by atoms with van der Waals surface area (Å²) in [5, 5.41) is 0. The van der Waals surface area contributed by atoms with Crippen LogP contribution in [0, 0.1) is 6.92 Å². The number of para-hydroxylation sites is 1. The fraction of sp³-hybridized carbons (Fsp3) is 0.316. The van der Waals surface area contributed by atoms with Crippen LogP contribution in [0.2, 0.25) is 0 Å². The molecule has 0 atom stereocenters. The zero-order chi connectivity index (χ0) is 18.4. The molecule has 6 heteroatoms. The Labute approximate surface area is 149 Å². The van der Waals surface area contributed by atoms with Gasteiger partial charge >= 0.3 is 0 Å². The molecule has 0 bridgehead atoms. The molecule has 0 aliphatic heterocycles. The molecule has 0 spiro atoms. The van der Waals surface area contributed by atoms with Gasteiger partial charge in [0.15, 0.2) is 5.78 Å². The number of carbonyl (C=O) groups is 1. The summed E-state index contributed by atoms with van der Waals surface area (Å²) in [6, 6.07) is 13.7. The van der Waals surface area contributed by atoms with Crippen molar-refractivity contribution in [3.8, 4) is 5.75 Å². The van der Waals surface area contributed by atoms with Gasteiger partial charge in [-0.2, -0.15) is 0 Å². The molecule has 134 valence electrons. The van der Waals surface area contributed by atoms with E-state index in [1.54, 1.807) is 7.05 Å². The van der Waals surface area contributed by atoms with Gasteiger partial charge in [-0.1, -0.05) is 30.3 Å². The highest BCUT2D eigenvalue weighted by atomic mass is 32.2. The number of Topliss-reactive ketones (excluding diaryl/α,β-unsaturated/α-hetero) is 1. The van der Waals surface area contributed by atoms with Gasteiger partial charge < -0.3 is 4.74 Å². The minimum absolute atomic E-state index is 0.0920. The first-order valence-electron chi connectivity index (χ1n) is 8.08. The maximum atomic E-state index is 12.5. The van der Waals surface area contributed by atoms with Crippen LogP contribution in [0.5, 0.6) is 5.75 Å². The number of aryl methyl sites for hydroxylation is 1. The summed E-state index contributed by atoms with van der Waals surface area (Å²) in [5.41, 5.74) is 1.54. The molecule has 0 fully saturated rings. The Balaban J connectivity index is 1.91. The largest absolute Gasteiger partial charge is 0.493 e. The molecule has 0 unspecified atom stereocenters. The molecule has 0 aliphatic carbocycles. The van der Waals surface area contributed by atoms with Crippen molar-refractivity contribution in [2.45, 2.75) is 25.2 Å². The van der Waals surface area contributed by atoms with Crippen LogP contribution >= 0.6 is 0 Å². The third kappa shape index (κ3) is 4.90.